The number of carbonyl (C=O) groups excluding carboxylic acids is 2. The van der Waals surface area contributed by atoms with Gasteiger partial charge in [-0.15, -0.1) is 0 Å². The molecular formula is C33H56CoN2O6Si4. The minimum absolute atomic E-state index is 0. The molecule has 2 aromatic rings. The number of phenolic OH excluding ortho intramolecular Hbond substituents is 2. The van der Waals surface area contributed by atoms with Crippen molar-refractivity contribution in [2.75, 3.05) is 13.1 Å². The van der Waals surface area contributed by atoms with Gasteiger partial charge in [-0.1, -0.05) is 113 Å². The fourth-order valence-electron chi connectivity index (χ4n) is 4.10. The molecule has 0 unspecified atom stereocenters. The number of nitrogens with zero attached hydrogens (tertiary/aromatic N) is 2. The van der Waals surface area contributed by atoms with Gasteiger partial charge in [-0.3, -0.25) is 9.98 Å². The summed E-state index contributed by atoms with van der Waals surface area (Å²) in [6.07, 6.45) is 4.50. The van der Waals surface area contributed by atoms with Crippen molar-refractivity contribution in [1.82, 2.24) is 0 Å². The van der Waals surface area contributed by atoms with Gasteiger partial charge in [-0.25, -0.2) is 0 Å². The molecule has 1 radical (unpaired) electrons. The number of aliphatic carboxylic acids is 2. The zero-order valence-corrected chi connectivity index (χ0v) is 35.4. The molecule has 0 aromatic heterocycles. The molecule has 0 aliphatic carbocycles. The number of rotatable bonds is 10. The van der Waals surface area contributed by atoms with Crippen LogP contribution in [0.3, 0.4) is 0 Å². The first kappa shape index (κ1) is 45.8. The maximum Gasteiger partial charge on any atom is 2.00 e. The van der Waals surface area contributed by atoms with Crippen LogP contribution < -0.4 is 31.0 Å². The first-order valence-corrected chi connectivity index (χ1v) is 29.3. The molecule has 0 atom stereocenters. The number of aliphatic imine (C=N–C) groups is 2. The van der Waals surface area contributed by atoms with Crippen LogP contribution in [0.1, 0.15) is 31.4 Å². The Kier molecular flexibility index (Phi) is 18.8. The van der Waals surface area contributed by atoms with Crippen molar-refractivity contribution in [2.24, 2.45) is 9.98 Å². The zero-order chi connectivity index (χ0) is 35.6. The van der Waals surface area contributed by atoms with Gasteiger partial charge in [0.05, 0.1) is 32.3 Å². The molecule has 2 N–H and O–H groups in total. The van der Waals surface area contributed by atoms with Crippen molar-refractivity contribution in [3.63, 3.8) is 0 Å². The summed E-state index contributed by atoms with van der Waals surface area (Å²) in [5.74, 6) is -1.36. The molecule has 8 nitrogen and oxygen atoms in total. The third kappa shape index (κ3) is 17.0. The Labute approximate surface area is 291 Å². The average molecular weight is 748 g/mol. The van der Waals surface area contributed by atoms with E-state index < -0.39 is 44.2 Å². The summed E-state index contributed by atoms with van der Waals surface area (Å²) in [4.78, 5) is 27.1. The third-order valence-electron chi connectivity index (χ3n) is 6.66. The van der Waals surface area contributed by atoms with E-state index in [1.165, 1.54) is 10.4 Å². The summed E-state index contributed by atoms with van der Waals surface area (Å²) in [6, 6.07) is 8.77. The summed E-state index contributed by atoms with van der Waals surface area (Å²) in [5.41, 5.74) is 1.68. The van der Waals surface area contributed by atoms with E-state index >= 15 is 0 Å². The fourth-order valence-corrected chi connectivity index (χ4v) is 9.61. The smallest absolute Gasteiger partial charge is 0.550 e. The van der Waals surface area contributed by atoms with Crippen LogP contribution in [0, 0.1) is 0 Å². The van der Waals surface area contributed by atoms with Crippen LogP contribution in [-0.4, -0.2) is 80.0 Å². The molecule has 13 heteroatoms. The number of carbonyl (C=O) groups is 2. The Morgan fingerprint density at radius 2 is 0.870 bits per heavy atom. The summed E-state index contributed by atoms with van der Waals surface area (Å²) in [6.45, 7) is 31.0. The summed E-state index contributed by atoms with van der Waals surface area (Å²) >= 11 is 0. The van der Waals surface area contributed by atoms with E-state index in [0.29, 0.717) is 24.6 Å². The van der Waals surface area contributed by atoms with Gasteiger partial charge in [-0.05, 0) is 30.6 Å². The second kappa shape index (κ2) is 18.9. The molecular weight excluding hydrogens is 692 g/mol. The van der Waals surface area contributed by atoms with E-state index in [-0.39, 0.29) is 16.8 Å². The number of benzene rings is 2. The largest absolute Gasteiger partial charge is 2.00 e. The average Bonchev–Trinajstić information content (AvgIpc) is 2.81. The Hall–Kier alpha value is -2.31. The van der Waals surface area contributed by atoms with Crippen molar-refractivity contribution in [3.05, 3.63) is 35.4 Å². The SMILES string of the molecule is CC(=O)[O-].CC(=O)[O-].C[Si](C)(C)c1cc(C=NCCCN=Cc2cc([Si](C)(C)C)cc([Si](C)(C)C)c2O)c(O)c([Si](C)(C)C)c1.[Co+2]. The van der Waals surface area contributed by atoms with E-state index in [1.54, 1.807) is 0 Å². The molecule has 0 heterocycles. The van der Waals surface area contributed by atoms with Crippen molar-refractivity contribution in [3.8, 4) is 11.5 Å². The van der Waals surface area contributed by atoms with Gasteiger partial charge in [0, 0.05) is 48.6 Å². The van der Waals surface area contributed by atoms with Crippen LogP contribution in [0.25, 0.3) is 0 Å². The molecule has 2 rings (SSSR count). The van der Waals surface area contributed by atoms with Gasteiger partial charge in [0.2, 0.25) is 0 Å². The van der Waals surface area contributed by atoms with Crippen molar-refractivity contribution < 1.29 is 46.8 Å². The first-order valence-electron chi connectivity index (χ1n) is 15.3. The molecule has 2 aromatic carbocycles. The molecule has 0 saturated heterocycles. The number of aromatic hydroxyl groups is 2. The number of carboxylic acids is 2. The second-order valence-electron chi connectivity index (χ2n) is 15.3. The van der Waals surface area contributed by atoms with Gasteiger partial charge >= 0.3 is 16.8 Å². The monoisotopic (exact) mass is 747 g/mol. The van der Waals surface area contributed by atoms with Crippen LogP contribution >= 0.6 is 0 Å². The van der Waals surface area contributed by atoms with Crippen molar-refractivity contribution in [1.29, 1.82) is 0 Å². The molecule has 0 spiro atoms. The van der Waals surface area contributed by atoms with E-state index in [9.17, 15) is 10.2 Å². The Bertz CT molecular complexity index is 1260. The second-order valence-corrected chi connectivity index (χ2v) is 35.6. The van der Waals surface area contributed by atoms with E-state index in [2.05, 4.69) is 113 Å². The normalized spacial score (nSPS) is 12.1. The van der Waals surface area contributed by atoms with Gasteiger partial charge in [0.25, 0.3) is 0 Å². The number of phenols is 2. The van der Waals surface area contributed by atoms with Crippen LogP contribution in [0.5, 0.6) is 11.5 Å². The number of hydrogen-bond acceptors (Lipinski definition) is 8. The third-order valence-corrected chi connectivity index (χ3v) is 14.7. The standard InChI is InChI=1S/C29H50N2O2Si4.2C2H4O2.Co/c1-34(2,3)24-16-22(28(32)26(18-24)36(7,8)9)20-30-14-13-15-31-21-23-17-25(35(4,5)6)19-27(29(23)33)37(10,11)12;2*1-2(3)4;/h16-21,32-33H,13-15H2,1-12H3;2*1H3,(H,3,4);/q;;;+2/p-2. The Morgan fingerprint density at radius 1 is 0.609 bits per heavy atom. The number of carboxylic acid groups (broad SMARTS) is 2. The Morgan fingerprint density at radius 3 is 1.09 bits per heavy atom. The van der Waals surface area contributed by atoms with E-state index in [1.807, 2.05) is 12.4 Å². The molecule has 0 saturated carbocycles. The van der Waals surface area contributed by atoms with Gasteiger partial charge < -0.3 is 30.0 Å². The van der Waals surface area contributed by atoms with Crippen LogP contribution in [0.4, 0.5) is 0 Å². The fraction of sp³-hybridized carbons (Fsp3) is 0.515. The minimum Gasteiger partial charge on any atom is -0.550 e. The summed E-state index contributed by atoms with van der Waals surface area (Å²) < 4.78 is 0. The van der Waals surface area contributed by atoms with Crippen molar-refractivity contribution in [2.45, 2.75) is 98.8 Å². The van der Waals surface area contributed by atoms with E-state index in [4.69, 9.17) is 19.8 Å². The quantitative estimate of drug-likeness (QED) is 0.217. The maximum absolute atomic E-state index is 11.0. The molecule has 0 aliphatic rings. The molecule has 0 fully saturated rings. The molecule has 259 valence electrons. The summed E-state index contributed by atoms with van der Waals surface area (Å²) in [5, 5.41) is 44.7. The van der Waals surface area contributed by atoms with Gasteiger partial charge in [0.15, 0.2) is 0 Å². The predicted octanol–water partition coefficient (Wildman–Crippen LogP) is 2.72. The van der Waals surface area contributed by atoms with E-state index in [0.717, 1.165) is 41.8 Å². The zero-order valence-electron chi connectivity index (χ0n) is 30.3. The Balaban J connectivity index is 0. The van der Waals surface area contributed by atoms with Gasteiger partial charge in [0.1, 0.15) is 11.5 Å². The first-order chi connectivity index (χ1) is 20.2. The molecule has 0 aliphatic heterocycles. The molecule has 0 bridgehead atoms. The summed E-state index contributed by atoms with van der Waals surface area (Å²) in [7, 11) is -6.39. The van der Waals surface area contributed by atoms with Crippen LogP contribution in [0.15, 0.2) is 34.3 Å². The van der Waals surface area contributed by atoms with Crippen LogP contribution in [0.2, 0.25) is 78.6 Å². The molecule has 0 amide bonds. The predicted molar refractivity (Wildman–Crippen MR) is 199 cm³/mol. The van der Waals surface area contributed by atoms with Crippen LogP contribution in [-0.2, 0) is 26.4 Å². The topological polar surface area (TPSA) is 145 Å². The minimum atomic E-state index is -1.68. The molecule has 46 heavy (non-hydrogen) atoms. The number of hydrogen-bond donors (Lipinski definition) is 2. The van der Waals surface area contributed by atoms with Gasteiger partial charge in [-0.2, -0.15) is 0 Å². The van der Waals surface area contributed by atoms with Crippen molar-refractivity contribution >= 4 is 77.4 Å². The maximum atomic E-state index is 11.0.